The summed E-state index contributed by atoms with van der Waals surface area (Å²) in [5.74, 6) is 0. The van der Waals surface area contributed by atoms with E-state index >= 15 is 0 Å². The number of aromatic nitrogens is 1. The normalized spacial score (nSPS) is 11.7. The number of sulfonamides is 1. The molecule has 18 heavy (non-hydrogen) atoms. The van der Waals surface area contributed by atoms with Gasteiger partial charge >= 0.3 is 0 Å². The van der Waals surface area contributed by atoms with Crippen molar-refractivity contribution in [1.82, 2.24) is 9.29 Å². The van der Waals surface area contributed by atoms with Crippen molar-refractivity contribution in [3.63, 3.8) is 0 Å². The van der Waals surface area contributed by atoms with E-state index in [4.69, 9.17) is 18.0 Å². The molecule has 0 aromatic carbocycles. The molecule has 0 aliphatic rings. The van der Waals surface area contributed by atoms with Crippen LogP contribution in [0.15, 0.2) is 23.2 Å². The standard InChI is InChI=1S/C11H17N3O2S2/c1-3-4-7-14(2)18(15,16)9-5-6-10(11(12)17)13-8-9/h5-6,8H,3-4,7H2,1-2H3,(H2,12,17). The fourth-order valence-corrected chi connectivity index (χ4v) is 2.64. The molecule has 0 saturated heterocycles. The molecule has 0 aliphatic carbocycles. The summed E-state index contributed by atoms with van der Waals surface area (Å²) in [4.78, 5) is 4.24. The largest absolute Gasteiger partial charge is 0.388 e. The van der Waals surface area contributed by atoms with Crippen LogP contribution in [-0.4, -0.2) is 36.3 Å². The van der Waals surface area contributed by atoms with E-state index in [0.717, 1.165) is 12.8 Å². The molecule has 1 aromatic rings. The molecule has 2 N–H and O–H groups in total. The van der Waals surface area contributed by atoms with Gasteiger partial charge in [0.25, 0.3) is 0 Å². The number of nitrogens with zero attached hydrogens (tertiary/aromatic N) is 2. The molecule has 7 heteroatoms. The number of rotatable bonds is 6. The maximum atomic E-state index is 12.1. The van der Waals surface area contributed by atoms with E-state index in [1.165, 1.54) is 22.6 Å². The van der Waals surface area contributed by atoms with Crippen molar-refractivity contribution < 1.29 is 8.42 Å². The van der Waals surface area contributed by atoms with Crippen molar-refractivity contribution >= 4 is 27.2 Å². The Labute approximate surface area is 113 Å². The Balaban J connectivity index is 2.94. The first kappa shape index (κ1) is 15.0. The molecule has 5 nitrogen and oxygen atoms in total. The molecular weight excluding hydrogens is 270 g/mol. The number of pyridine rings is 1. The highest BCUT2D eigenvalue weighted by atomic mass is 32.2. The molecule has 0 amide bonds. The van der Waals surface area contributed by atoms with Gasteiger partial charge in [0.15, 0.2) is 0 Å². The zero-order chi connectivity index (χ0) is 13.8. The second-order valence-corrected chi connectivity index (χ2v) is 6.41. The van der Waals surface area contributed by atoms with Gasteiger partial charge in [-0.05, 0) is 18.6 Å². The first-order valence-corrected chi connectivity index (χ1v) is 7.46. The van der Waals surface area contributed by atoms with E-state index in [2.05, 4.69) is 4.98 Å². The first-order chi connectivity index (χ1) is 8.39. The average molecular weight is 287 g/mol. The monoisotopic (exact) mass is 287 g/mol. The Hall–Kier alpha value is -1.05. The summed E-state index contributed by atoms with van der Waals surface area (Å²) in [6, 6.07) is 2.99. The highest BCUT2D eigenvalue weighted by Gasteiger charge is 2.20. The summed E-state index contributed by atoms with van der Waals surface area (Å²) in [6.07, 6.45) is 3.05. The van der Waals surface area contributed by atoms with E-state index in [1.807, 2.05) is 6.92 Å². The smallest absolute Gasteiger partial charge is 0.244 e. The molecular formula is C11H17N3O2S2. The minimum Gasteiger partial charge on any atom is -0.388 e. The van der Waals surface area contributed by atoms with Gasteiger partial charge in [0.05, 0.1) is 5.69 Å². The fraction of sp³-hybridized carbons (Fsp3) is 0.455. The third-order valence-electron chi connectivity index (χ3n) is 2.52. The van der Waals surface area contributed by atoms with Gasteiger partial charge in [-0.1, -0.05) is 25.6 Å². The Morgan fingerprint density at radius 1 is 1.50 bits per heavy atom. The Bertz CT molecular complexity index is 512. The van der Waals surface area contributed by atoms with Crippen molar-refractivity contribution in [2.24, 2.45) is 5.73 Å². The van der Waals surface area contributed by atoms with Crippen LogP contribution in [0.25, 0.3) is 0 Å². The Kier molecular flexibility index (Phi) is 5.18. The van der Waals surface area contributed by atoms with Crippen molar-refractivity contribution in [2.75, 3.05) is 13.6 Å². The van der Waals surface area contributed by atoms with Crippen LogP contribution >= 0.6 is 12.2 Å². The lowest BCUT2D eigenvalue weighted by molar-refractivity contribution is 0.459. The van der Waals surface area contributed by atoms with Gasteiger partial charge in [-0.25, -0.2) is 12.7 Å². The lowest BCUT2D eigenvalue weighted by atomic mass is 10.3. The van der Waals surface area contributed by atoms with Crippen molar-refractivity contribution in [1.29, 1.82) is 0 Å². The molecule has 0 atom stereocenters. The molecule has 0 bridgehead atoms. The van der Waals surface area contributed by atoms with Crippen LogP contribution in [0.5, 0.6) is 0 Å². The van der Waals surface area contributed by atoms with Crippen LogP contribution < -0.4 is 5.73 Å². The van der Waals surface area contributed by atoms with Crippen LogP contribution in [0.3, 0.4) is 0 Å². The predicted molar refractivity (Wildman–Crippen MR) is 74.8 cm³/mol. The lowest BCUT2D eigenvalue weighted by Crippen LogP contribution is -2.28. The number of thiocarbonyl (C=S) groups is 1. The first-order valence-electron chi connectivity index (χ1n) is 5.61. The minimum absolute atomic E-state index is 0.151. The summed E-state index contributed by atoms with van der Waals surface area (Å²) in [6.45, 7) is 2.51. The molecule has 0 unspecified atom stereocenters. The third-order valence-corrected chi connectivity index (χ3v) is 4.57. The number of hydrogen-bond donors (Lipinski definition) is 1. The quantitative estimate of drug-likeness (QED) is 0.794. The molecule has 0 spiro atoms. The van der Waals surface area contributed by atoms with Crippen molar-refractivity contribution in [2.45, 2.75) is 24.7 Å². The SMILES string of the molecule is CCCCN(C)S(=O)(=O)c1ccc(C(N)=S)nc1. The topological polar surface area (TPSA) is 76.3 Å². The minimum atomic E-state index is -3.47. The van der Waals surface area contributed by atoms with E-state index in [-0.39, 0.29) is 9.88 Å². The van der Waals surface area contributed by atoms with Gasteiger partial charge in [-0.15, -0.1) is 0 Å². The molecule has 1 rings (SSSR count). The van der Waals surface area contributed by atoms with Gasteiger partial charge in [0.1, 0.15) is 9.88 Å². The third kappa shape index (κ3) is 3.47. The van der Waals surface area contributed by atoms with E-state index in [9.17, 15) is 8.42 Å². The van der Waals surface area contributed by atoms with Crippen LogP contribution in [0.4, 0.5) is 0 Å². The molecule has 0 radical (unpaired) electrons. The van der Waals surface area contributed by atoms with E-state index in [0.29, 0.717) is 12.2 Å². The highest BCUT2D eigenvalue weighted by Crippen LogP contribution is 2.14. The Morgan fingerprint density at radius 3 is 2.61 bits per heavy atom. The molecule has 0 fully saturated rings. The molecule has 1 heterocycles. The van der Waals surface area contributed by atoms with Crippen molar-refractivity contribution in [3.8, 4) is 0 Å². The molecule has 0 saturated carbocycles. The number of hydrogen-bond acceptors (Lipinski definition) is 4. The van der Waals surface area contributed by atoms with Gasteiger partial charge in [0.2, 0.25) is 10.0 Å². The van der Waals surface area contributed by atoms with Crippen LogP contribution in [0.2, 0.25) is 0 Å². The van der Waals surface area contributed by atoms with Crippen LogP contribution in [-0.2, 0) is 10.0 Å². The molecule has 0 aliphatic heterocycles. The second-order valence-electron chi connectivity index (χ2n) is 3.92. The van der Waals surface area contributed by atoms with Gasteiger partial charge in [0, 0.05) is 19.8 Å². The second kappa shape index (κ2) is 6.21. The van der Waals surface area contributed by atoms with Crippen LogP contribution in [0.1, 0.15) is 25.5 Å². The molecule has 100 valence electrons. The van der Waals surface area contributed by atoms with E-state index < -0.39 is 10.0 Å². The predicted octanol–water partition coefficient (Wildman–Crippen LogP) is 1.14. The Morgan fingerprint density at radius 2 is 2.17 bits per heavy atom. The fourth-order valence-electron chi connectivity index (χ4n) is 1.36. The van der Waals surface area contributed by atoms with Gasteiger partial charge in [-0.3, -0.25) is 4.98 Å². The van der Waals surface area contributed by atoms with Gasteiger partial charge in [-0.2, -0.15) is 0 Å². The maximum absolute atomic E-state index is 12.1. The number of unbranched alkanes of at least 4 members (excludes halogenated alkanes) is 1. The summed E-state index contributed by atoms with van der Waals surface area (Å²) in [7, 11) is -1.90. The van der Waals surface area contributed by atoms with E-state index in [1.54, 1.807) is 7.05 Å². The molecule has 1 aromatic heterocycles. The lowest BCUT2D eigenvalue weighted by Gasteiger charge is -2.16. The van der Waals surface area contributed by atoms with Crippen LogP contribution in [0, 0.1) is 0 Å². The zero-order valence-electron chi connectivity index (χ0n) is 10.5. The summed E-state index contributed by atoms with van der Waals surface area (Å²) < 4.78 is 25.6. The van der Waals surface area contributed by atoms with Crippen molar-refractivity contribution in [3.05, 3.63) is 24.0 Å². The maximum Gasteiger partial charge on any atom is 0.244 e. The average Bonchev–Trinajstić information content (AvgIpc) is 2.35. The van der Waals surface area contributed by atoms with Gasteiger partial charge < -0.3 is 5.73 Å². The zero-order valence-corrected chi connectivity index (χ0v) is 12.1. The number of nitrogens with two attached hydrogens (primary N) is 1. The summed E-state index contributed by atoms with van der Waals surface area (Å²) in [5, 5.41) is 0. The summed E-state index contributed by atoms with van der Waals surface area (Å²) in [5.41, 5.74) is 5.82. The highest BCUT2D eigenvalue weighted by molar-refractivity contribution is 7.89. The summed E-state index contributed by atoms with van der Waals surface area (Å²) >= 11 is 4.76.